The monoisotopic (exact) mass is 295 g/mol. The number of piperidine rings is 1. The van der Waals surface area contributed by atoms with E-state index in [2.05, 4.69) is 12.2 Å². The molecule has 5 nitrogen and oxygen atoms in total. The molecule has 0 aromatic rings. The van der Waals surface area contributed by atoms with E-state index in [1.54, 1.807) is 6.92 Å². The van der Waals surface area contributed by atoms with Crippen LogP contribution in [0.4, 0.5) is 0 Å². The van der Waals surface area contributed by atoms with Gasteiger partial charge in [-0.3, -0.25) is 9.59 Å². The Labute approximate surface area is 127 Å². The molecule has 1 saturated heterocycles. The summed E-state index contributed by atoms with van der Waals surface area (Å²) in [7, 11) is 0. The summed E-state index contributed by atoms with van der Waals surface area (Å²) in [6, 6.07) is -0.147. The molecule has 1 aliphatic heterocycles. The van der Waals surface area contributed by atoms with E-state index in [1.165, 1.54) is 6.42 Å². The lowest BCUT2D eigenvalue weighted by atomic mass is 9.95. The number of amides is 2. The average Bonchev–Trinajstić information content (AvgIpc) is 2.95. The van der Waals surface area contributed by atoms with Crippen LogP contribution in [-0.4, -0.2) is 41.9 Å². The van der Waals surface area contributed by atoms with Crippen molar-refractivity contribution in [3.63, 3.8) is 0 Å². The second-order valence-corrected chi connectivity index (χ2v) is 6.64. The molecule has 5 heteroatoms. The SMILES string of the molecule is CC(NC(=O)[C@@H]1CCC[C@@H]1CN)C(=O)N1CCCCC1C. The summed E-state index contributed by atoms with van der Waals surface area (Å²) in [5.74, 6) is 0.330. The number of hydrogen-bond acceptors (Lipinski definition) is 3. The number of likely N-dealkylation sites (tertiary alicyclic amines) is 1. The normalized spacial score (nSPS) is 31.0. The summed E-state index contributed by atoms with van der Waals surface area (Å²) < 4.78 is 0. The first kappa shape index (κ1) is 16.3. The van der Waals surface area contributed by atoms with Gasteiger partial charge < -0.3 is 16.0 Å². The Hall–Kier alpha value is -1.10. The molecule has 1 saturated carbocycles. The van der Waals surface area contributed by atoms with Crippen LogP contribution >= 0.6 is 0 Å². The zero-order valence-corrected chi connectivity index (χ0v) is 13.3. The lowest BCUT2D eigenvalue weighted by Crippen LogP contribution is -2.52. The largest absolute Gasteiger partial charge is 0.344 e. The molecule has 0 spiro atoms. The van der Waals surface area contributed by atoms with Gasteiger partial charge in [0.05, 0.1) is 0 Å². The summed E-state index contributed by atoms with van der Waals surface area (Å²) >= 11 is 0. The second-order valence-electron chi connectivity index (χ2n) is 6.64. The van der Waals surface area contributed by atoms with Gasteiger partial charge in [0, 0.05) is 18.5 Å². The lowest BCUT2D eigenvalue weighted by Gasteiger charge is -2.35. The maximum absolute atomic E-state index is 12.5. The third-order valence-corrected chi connectivity index (χ3v) is 5.11. The fourth-order valence-electron chi connectivity index (χ4n) is 3.72. The Morgan fingerprint density at radius 2 is 2.00 bits per heavy atom. The standard InChI is InChI=1S/C16H29N3O2/c1-11-6-3-4-9-19(11)16(21)12(2)18-15(20)14-8-5-7-13(14)10-17/h11-14H,3-10,17H2,1-2H3,(H,18,20)/t11?,12?,13-,14-/m1/s1. The molecular weight excluding hydrogens is 266 g/mol. The van der Waals surface area contributed by atoms with E-state index >= 15 is 0 Å². The lowest BCUT2D eigenvalue weighted by molar-refractivity contribution is -0.139. The van der Waals surface area contributed by atoms with Crippen molar-refractivity contribution in [3.05, 3.63) is 0 Å². The maximum Gasteiger partial charge on any atom is 0.245 e. The summed E-state index contributed by atoms with van der Waals surface area (Å²) in [5.41, 5.74) is 5.73. The molecule has 2 amide bonds. The van der Waals surface area contributed by atoms with Crippen molar-refractivity contribution in [1.82, 2.24) is 10.2 Å². The molecule has 0 aromatic heterocycles. The number of nitrogens with two attached hydrogens (primary N) is 1. The van der Waals surface area contributed by atoms with Gasteiger partial charge >= 0.3 is 0 Å². The first-order valence-electron chi connectivity index (χ1n) is 8.35. The number of rotatable bonds is 4. The number of carbonyl (C=O) groups is 2. The molecular formula is C16H29N3O2. The Bertz CT molecular complexity index is 386. The van der Waals surface area contributed by atoms with Gasteiger partial charge in [-0.05, 0) is 58.4 Å². The first-order valence-corrected chi connectivity index (χ1v) is 8.35. The van der Waals surface area contributed by atoms with Gasteiger partial charge in [0.2, 0.25) is 11.8 Å². The van der Waals surface area contributed by atoms with Gasteiger partial charge in [-0.25, -0.2) is 0 Å². The highest BCUT2D eigenvalue weighted by atomic mass is 16.2. The Morgan fingerprint density at radius 3 is 2.67 bits per heavy atom. The number of nitrogens with one attached hydrogen (secondary N) is 1. The van der Waals surface area contributed by atoms with Crippen LogP contribution in [0.5, 0.6) is 0 Å². The molecule has 120 valence electrons. The summed E-state index contributed by atoms with van der Waals surface area (Å²) in [6.45, 7) is 5.26. The predicted octanol–water partition coefficient (Wildman–Crippen LogP) is 1.27. The summed E-state index contributed by atoms with van der Waals surface area (Å²) in [6.07, 6.45) is 6.30. The molecule has 4 atom stereocenters. The van der Waals surface area contributed by atoms with Gasteiger partial charge in [0.1, 0.15) is 6.04 Å². The molecule has 2 unspecified atom stereocenters. The predicted molar refractivity (Wildman–Crippen MR) is 82.5 cm³/mol. The Kier molecular flexibility index (Phi) is 5.62. The number of hydrogen-bond donors (Lipinski definition) is 2. The minimum atomic E-state index is -0.433. The minimum absolute atomic E-state index is 0.00784. The second kappa shape index (κ2) is 7.25. The van der Waals surface area contributed by atoms with E-state index in [-0.39, 0.29) is 29.7 Å². The zero-order chi connectivity index (χ0) is 15.4. The first-order chi connectivity index (χ1) is 10.0. The van der Waals surface area contributed by atoms with Crippen LogP contribution in [0.1, 0.15) is 52.4 Å². The van der Waals surface area contributed by atoms with E-state index in [4.69, 9.17) is 5.73 Å². The fourth-order valence-corrected chi connectivity index (χ4v) is 3.72. The van der Waals surface area contributed by atoms with Crippen molar-refractivity contribution < 1.29 is 9.59 Å². The molecule has 1 aliphatic carbocycles. The molecule has 2 rings (SSSR count). The van der Waals surface area contributed by atoms with Crippen LogP contribution in [0, 0.1) is 11.8 Å². The van der Waals surface area contributed by atoms with Crippen LogP contribution < -0.4 is 11.1 Å². The molecule has 0 bridgehead atoms. The van der Waals surface area contributed by atoms with Crippen LogP contribution in [0.15, 0.2) is 0 Å². The van der Waals surface area contributed by atoms with Crippen molar-refractivity contribution >= 4 is 11.8 Å². The van der Waals surface area contributed by atoms with Gasteiger partial charge in [-0.2, -0.15) is 0 Å². The molecule has 3 N–H and O–H groups in total. The van der Waals surface area contributed by atoms with E-state index in [0.717, 1.165) is 38.6 Å². The smallest absolute Gasteiger partial charge is 0.245 e. The fraction of sp³-hybridized carbons (Fsp3) is 0.875. The van der Waals surface area contributed by atoms with Crippen LogP contribution in [0.3, 0.4) is 0 Å². The average molecular weight is 295 g/mol. The quantitative estimate of drug-likeness (QED) is 0.820. The highest BCUT2D eigenvalue weighted by molar-refractivity contribution is 5.88. The van der Waals surface area contributed by atoms with E-state index in [1.807, 2.05) is 4.90 Å². The van der Waals surface area contributed by atoms with Gasteiger partial charge in [-0.15, -0.1) is 0 Å². The van der Waals surface area contributed by atoms with Crippen molar-refractivity contribution in [2.24, 2.45) is 17.6 Å². The molecule has 2 fully saturated rings. The van der Waals surface area contributed by atoms with E-state index in [9.17, 15) is 9.59 Å². The highest BCUT2D eigenvalue weighted by Crippen LogP contribution is 2.31. The van der Waals surface area contributed by atoms with Crippen molar-refractivity contribution in [3.8, 4) is 0 Å². The number of carbonyl (C=O) groups excluding carboxylic acids is 2. The Morgan fingerprint density at radius 1 is 1.24 bits per heavy atom. The molecule has 0 radical (unpaired) electrons. The van der Waals surface area contributed by atoms with Crippen molar-refractivity contribution in [2.75, 3.05) is 13.1 Å². The third kappa shape index (κ3) is 3.76. The summed E-state index contributed by atoms with van der Waals surface area (Å²) in [4.78, 5) is 26.8. The highest BCUT2D eigenvalue weighted by Gasteiger charge is 2.34. The van der Waals surface area contributed by atoms with Gasteiger partial charge in [0.25, 0.3) is 0 Å². The Balaban J connectivity index is 1.89. The van der Waals surface area contributed by atoms with Crippen LogP contribution in [0.2, 0.25) is 0 Å². The third-order valence-electron chi connectivity index (χ3n) is 5.11. The summed E-state index contributed by atoms with van der Waals surface area (Å²) in [5, 5.41) is 2.92. The molecule has 0 aromatic carbocycles. The van der Waals surface area contributed by atoms with Crippen molar-refractivity contribution in [2.45, 2.75) is 64.5 Å². The molecule has 21 heavy (non-hydrogen) atoms. The minimum Gasteiger partial charge on any atom is -0.344 e. The van der Waals surface area contributed by atoms with E-state index < -0.39 is 6.04 Å². The van der Waals surface area contributed by atoms with Crippen molar-refractivity contribution in [1.29, 1.82) is 0 Å². The van der Waals surface area contributed by atoms with Gasteiger partial charge in [0.15, 0.2) is 0 Å². The zero-order valence-electron chi connectivity index (χ0n) is 13.3. The molecule has 2 aliphatic rings. The van der Waals surface area contributed by atoms with Gasteiger partial charge in [-0.1, -0.05) is 6.42 Å². The topological polar surface area (TPSA) is 75.4 Å². The van der Waals surface area contributed by atoms with E-state index in [0.29, 0.717) is 6.54 Å². The maximum atomic E-state index is 12.5. The van der Waals surface area contributed by atoms with Crippen LogP contribution in [0.25, 0.3) is 0 Å². The molecule has 1 heterocycles. The van der Waals surface area contributed by atoms with Crippen LogP contribution in [-0.2, 0) is 9.59 Å². The number of nitrogens with zero attached hydrogens (tertiary/aromatic N) is 1.